The third-order valence-corrected chi connectivity index (χ3v) is 3.49. The Morgan fingerprint density at radius 3 is 2.38 bits per heavy atom. The van der Waals surface area contributed by atoms with Crippen molar-refractivity contribution in [3.05, 3.63) is 63.2 Å². The number of carbonyl (C=O) groups is 2. The Morgan fingerprint density at radius 1 is 1.10 bits per heavy atom. The highest BCUT2D eigenvalue weighted by molar-refractivity contribution is 6.22. The SMILES string of the molecule is NC(=O)Cc1cc2c(cc1[N+](=O)[O-])-c1ccccc1C2=O. The number of fused-ring (bicyclic) bond motifs is 3. The number of ketones is 1. The van der Waals surface area contributed by atoms with Crippen molar-refractivity contribution in [2.45, 2.75) is 6.42 Å². The molecule has 1 aliphatic carbocycles. The maximum absolute atomic E-state index is 12.3. The summed E-state index contributed by atoms with van der Waals surface area (Å²) in [4.78, 5) is 34.0. The van der Waals surface area contributed by atoms with E-state index in [2.05, 4.69) is 0 Å². The Balaban J connectivity index is 2.26. The molecule has 1 aliphatic rings. The van der Waals surface area contributed by atoms with E-state index < -0.39 is 10.8 Å². The maximum Gasteiger partial charge on any atom is 0.273 e. The molecule has 0 spiro atoms. The lowest BCUT2D eigenvalue weighted by molar-refractivity contribution is -0.385. The summed E-state index contributed by atoms with van der Waals surface area (Å²) in [5, 5.41) is 11.2. The van der Waals surface area contributed by atoms with Gasteiger partial charge in [-0.2, -0.15) is 0 Å². The topological polar surface area (TPSA) is 103 Å². The molecule has 0 heterocycles. The van der Waals surface area contributed by atoms with Gasteiger partial charge in [-0.25, -0.2) is 0 Å². The van der Waals surface area contributed by atoms with Crippen LogP contribution in [0.1, 0.15) is 21.5 Å². The summed E-state index contributed by atoms with van der Waals surface area (Å²) in [5.41, 5.74) is 7.15. The van der Waals surface area contributed by atoms with Gasteiger partial charge in [0.1, 0.15) is 0 Å². The second-order valence-corrected chi connectivity index (χ2v) is 4.80. The molecule has 0 aliphatic heterocycles. The van der Waals surface area contributed by atoms with Crippen LogP contribution in [0.4, 0.5) is 5.69 Å². The molecule has 0 atom stereocenters. The van der Waals surface area contributed by atoms with Gasteiger partial charge in [0.25, 0.3) is 5.69 Å². The lowest BCUT2D eigenvalue weighted by atomic mass is 9.99. The molecule has 0 saturated heterocycles. The molecule has 0 fully saturated rings. The van der Waals surface area contributed by atoms with Crippen molar-refractivity contribution in [1.82, 2.24) is 0 Å². The van der Waals surface area contributed by atoms with E-state index in [0.717, 1.165) is 0 Å². The predicted molar refractivity (Wildman–Crippen MR) is 74.9 cm³/mol. The van der Waals surface area contributed by atoms with Crippen molar-refractivity contribution in [3.63, 3.8) is 0 Å². The first kappa shape index (κ1) is 13.0. The number of rotatable bonds is 3. The van der Waals surface area contributed by atoms with E-state index in [4.69, 9.17) is 5.73 Å². The summed E-state index contributed by atoms with van der Waals surface area (Å²) in [6.45, 7) is 0. The Morgan fingerprint density at radius 2 is 1.76 bits per heavy atom. The van der Waals surface area contributed by atoms with Crippen LogP contribution in [0.5, 0.6) is 0 Å². The fourth-order valence-corrected chi connectivity index (χ4v) is 2.60. The van der Waals surface area contributed by atoms with E-state index in [0.29, 0.717) is 22.3 Å². The highest BCUT2D eigenvalue weighted by Gasteiger charge is 2.30. The number of primary amides is 1. The molecular weight excluding hydrogens is 272 g/mol. The van der Waals surface area contributed by atoms with E-state index in [-0.39, 0.29) is 23.5 Å². The number of hydrogen-bond acceptors (Lipinski definition) is 4. The second-order valence-electron chi connectivity index (χ2n) is 4.80. The number of nitro groups is 1. The fraction of sp³-hybridized carbons (Fsp3) is 0.0667. The average molecular weight is 282 g/mol. The Hall–Kier alpha value is -3.02. The van der Waals surface area contributed by atoms with Crippen LogP contribution < -0.4 is 5.73 Å². The molecule has 2 N–H and O–H groups in total. The Bertz CT molecular complexity index is 811. The third kappa shape index (κ3) is 1.97. The van der Waals surface area contributed by atoms with Gasteiger partial charge in [0.2, 0.25) is 5.91 Å². The highest BCUT2D eigenvalue weighted by Crippen LogP contribution is 2.39. The van der Waals surface area contributed by atoms with Crippen LogP contribution in [0.3, 0.4) is 0 Å². The molecule has 0 unspecified atom stereocenters. The van der Waals surface area contributed by atoms with Crippen LogP contribution in [0, 0.1) is 10.1 Å². The minimum absolute atomic E-state index is 0.160. The minimum atomic E-state index is -0.680. The molecule has 21 heavy (non-hydrogen) atoms. The molecule has 6 heteroatoms. The molecule has 0 radical (unpaired) electrons. The van der Waals surface area contributed by atoms with Crippen molar-refractivity contribution < 1.29 is 14.5 Å². The van der Waals surface area contributed by atoms with Gasteiger partial charge in [-0.15, -0.1) is 0 Å². The fourth-order valence-electron chi connectivity index (χ4n) is 2.60. The van der Waals surface area contributed by atoms with Gasteiger partial charge in [-0.1, -0.05) is 24.3 Å². The lowest BCUT2D eigenvalue weighted by Crippen LogP contribution is -2.15. The van der Waals surface area contributed by atoms with E-state index >= 15 is 0 Å². The zero-order chi connectivity index (χ0) is 15.1. The van der Waals surface area contributed by atoms with Crippen molar-refractivity contribution in [3.8, 4) is 11.1 Å². The number of nitro benzene ring substituents is 1. The Labute approximate surface area is 119 Å². The molecule has 1 amide bonds. The number of nitrogens with zero attached hydrogens (tertiary/aromatic N) is 1. The summed E-state index contributed by atoms with van der Waals surface area (Å²) in [5.74, 6) is -0.873. The van der Waals surface area contributed by atoms with E-state index in [1.165, 1.54) is 12.1 Å². The van der Waals surface area contributed by atoms with Crippen molar-refractivity contribution >= 4 is 17.4 Å². The first-order valence-electron chi connectivity index (χ1n) is 6.22. The van der Waals surface area contributed by atoms with Gasteiger partial charge < -0.3 is 5.73 Å². The summed E-state index contributed by atoms with van der Waals surface area (Å²) < 4.78 is 0. The van der Waals surface area contributed by atoms with E-state index in [1.54, 1.807) is 24.3 Å². The van der Waals surface area contributed by atoms with Crippen LogP contribution >= 0.6 is 0 Å². The normalized spacial score (nSPS) is 11.9. The second kappa shape index (κ2) is 4.52. The number of hydrogen-bond donors (Lipinski definition) is 1. The number of benzene rings is 2. The van der Waals surface area contributed by atoms with Crippen LogP contribution in [0.2, 0.25) is 0 Å². The zero-order valence-corrected chi connectivity index (χ0v) is 10.8. The summed E-state index contributed by atoms with van der Waals surface area (Å²) in [6, 6.07) is 9.68. The largest absolute Gasteiger partial charge is 0.369 e. The zero-order valence-electron chi connectivity index (χ0n) is 10.8. The van der Waals surface area contributed by atoms with Crippen LogP contribution in [0.15, 0.2) is 36.4 Å². The minimum Gasteiger partial charge on any atom is -0.369 e. The molecular formula is C15H10N2O4. The maximum atomic E-state index is 12.3. The van der Waals surface area contributed by atoms with Crippen LogP contribution in [-0.2, 0) is 11.2 Å². The molecule has 104 valence electrons. The number of carbonyl (C=O) groups excluding carboxylic acids is 2. The number of amides is 1. The first-order chi connectivity index (χ1) is 9.99. The van der Waals surface area contributed by atoms with Gasteiger partial charge in [0, 0.05) is 28.3 Å². The summed E-state index contributed by atoms with van der Waals surface area (Å²) in [6.07, 6.45) is -0.271. The highest BCUT2D eigenvalue weighted by atomic mass is 16.6. The van der Waals surface area contributed by atoms with Gasteiger partial charge in [-0.05, 0) is 11.6 Å². The molecule has 0 bridgehead atoms. The van der Waals surface area contributed by atoms with Gasteiger partial charge in [-0.3, -0.25) is 19.7 Å². The lowest BCUT2D eigenvalue weighted by Gasteiger charge is -2.05. The molecule has 2 aromatic carbocycles. The summed E-state index contributed by atoms with van der Waals surface area (Å²) >= 11 is 0. The average Bonchev–Trinajstić information content (AvgIpc) is 2.71. The van der Waals surface area contributed by atoms with Crippen molar-refractivity contribution in [1.29, 1.82) is 0 Å². The van der Waals surface area contributed by atoms with Crippen LogP contribution in [-0.4, -0.2) is 16.6 Å². The monoisotopic (exact) mass is 282 g/mol. The first-order valence-corrected chi connectivity index (χ1v) is 6.22. The smallest absolute Gasteiger partial charge is 0.273 e. The molecule has 2 aromatic rings. The van der Waals surface area contributed by atoms with E-state index in [1.807, 2.05) is 0 Å². The predicted octanol–water partition coefficient (Wildman–Crippen LogP) is 1.83. The van der Waals surface area contributed by atoms with Gasteiger partial charge >= 0.3 is 0 Å². The Kier molecular flexibility index (Phi) is 2.79. The third-order valence-electron chi connectivity index (χ3n) is 3.49. The summed E-state index contributed by atoms with van der Waals surface area (Å²) in [7, 11) is 0. The van der Waals surface area contributed by atoms with Crippen LogP contribution in [0.25, 0.3) is 11.1 Å². The van der Waals surface area contributed by atoms with Gasteiger partial charge in [0.05, 0.1) is 11.3 Å². The molecule has 3 rings (SSSR count). The molecule has 0 aromatic heterocycles. The quantitative estimate of drug-likeness (QED) is 0.584. The van der Waals surface area contributed by atoms with E-state index in [9.17, 15) is 19.7 Å². The van der Waals surface area contributed by atoms with Crippen molar-refractivity contribution in [2.75, 3.05) is 0 Å². The molecule has 6 nitrogen and oxygen atoms in total. The standard InChI is InChI=1S/C15H10N2O4/c16-14(18)6-8-5-12-11(7-13(8)17(20)21)9-3-1-2-4-10(9)15(12)19/h1-5,7H,6H2,(H2,16,18). The molecule has 0 saturated carbocycles. The van der Waals surface area contributed by atoms with Gasteiger partial charge in [0.15, 0.2) is 5.78 Å². The number of nitrogens with two attached hydrogens (primary N) is 1. The van der Waals surface area contributed by atoms with Crippen molar-refractivity contribution in [2.24, 2.45) is 5.73 Å².